The Morgan fingerprint density at radius 3 is 2.24 bits per heavy atom. The maximum Gasteiger partial charge on any atom is 0.416 e. The summed E-state index contributed by atoms with van der Waals surface area (Å²) < 4.78 is 78.0. The third kappa shape index (κ3) is 4.40. The highest BCUT2D eigenvalue weighted by Gasteiger charge is 2.37. The van der Waals surface area contributed by atoms with Gasteiger partial charge in [0.15, 0.2) is 0 Å². The fourth-order valence-corrected chi connectivity index (χ4v) is 4.57. The highest BCUT2D eigenvalue weighted by Crippen LogP contribution is 2.40. The fraction of sp³-hybridized carbons (Fsp3) is 0.368. The number of fused-ring (bicyclic) bond motifs is 1. The molecule has 1 aromatic heterocycles. The van der Waals surface area contributed by atoms with Crippen LogP contribution in [-0.2, 0) is 25.2 Å². The molecule has 0 radical (unpaired) electrons. The van der Waals surface area contributed by atoms with Gasteiger partial charge in [0.25, 0.3) is 5.91 Å². The van der Waals surface area contributed by atoms with Gasteiger partial charge in [-0.1, -0.05) is 6.92 Å². The molecule has 0 saturated carbocycles. The number of amides is 1. The van der Waals surface area contributed by atoms with E-state index in [4.69, 9.17) is 0 Å². The molecular weight excluding hydrogens is 418 g/mol. The number of nitrogens with zero attached hydrogens (tertiary/aromatic N) is 1. The average molecular weight is 432 g/mol. The maximum absolute atomic E-state index is 13.0. The summed E-state index contributed by atoms with van der Waals surface area (Å²) in [5, 5.41) is 11.9. The lowest BCUT2D eigenvalue weighted by Crippen LogP contribution is -2.17. The lowest BCUT2D eigenvalue weighted by Gasteiger charge is -2.17. The number of nitriles is 1. The minimum absolute atomic E-state index is 0.0390. The molecule has 154 valence electrons. The summed E-state index contributed by atoms with van der Waals surface area (Å²) in [5.74, 6) is -0.751. The van der Waals surface area contributed by atoms with E-state index in [1.54, 1.807) is 0 Å². The summed E-state index contributed by atoms with van der Waals surface area (Å²) in [4.78, 5) is 13.4. The molecule has 3 rings (SSSR count). The third-order valence-corrected chi connectivity index (χ3v) is 5.87. The molecule has 2 aromatic rings. The molecule has 29 heavy (non-hydrogen) atoms. The normalized spacial score (nSPS) is 16.8. The van der Waals surface area contributed by atoms with Crippen molar-refractivity contribution in [3.05, 3.63) is 50.9 Å². The van der Waals surface area contributed by atoms with Crippen LogP contribution in [0.15, 0.2) is 18.2 Å². The van der Waals surface area contributed by atoms with Crippen molar-refractivity contribution in [3.8, 4) is 6.07 Å². The maximum atomic E-state index is 13.0. The molecule has 1 N–H and O–H groups in total. The number of hydrogen-bond acceptors (Lipinski definition) is 3. The molecule has 0 bridgehead atoms. The highest BCUT2D eigenvalue weighted by molar-refractivity contribution is 7.16. The zero-order valence-corrected chi connectivity index (χ0v) is 15.8. The topological polar surface area (TPSA) is 52.9 Å². The quantitative estimate of drug-likeness (QED) is 0.589. The first-order chi connectivity index (χ1) is 13.4. The number of carbonyl (C=O) groups excluding carboxylic acids is 1. The van der Waals surface area contributed by atoms with Crippen LogP contribution in [0.4, 0.5) is 31.3 Å². The summed E-state index contributed by atoms with van der Waals surface area (Å²) in [7, 11) is 0. The summed E-state index contributed by atoms with van der Waals surface area (Å²) in [5.41, 5.74) is -2.93. The lowest BCUT2D eigenvalue weighted by molar-refractivity contribution is -0.143. The van der Waals surface area contributed by atoms with Gasteiger partial charge in [0, 0.05) is 10.4 Å². The Kier molecular flexibility index (Phi) is 5.38. The second-order valence-corrected chi connectivity index (χ2v) is 8.02. The Morgan fingerprint density at radius 1 is 1.14 bits per heavy atom. The van der Waals surface area contributed by atoms with Crippen LogP contribution in [0.3, 0.4) is 0 Å². The molecule has 1 atom stereocenters. The van der Waals surface area contributed by atoms with Gasteiger partial charge in [-0.15, -0.1) is 11.3 Å². The third-order valence-electron chi connectivity index (χ3n) is 4.70. The first-order valence-corrected chi connectivity index (χ1v) is 9.37. The first kappa shape index (κ1) is 21.2. The largest absolute Gasteiger partial charge is 0.416 e. The number of carbonyl (C=O) groups is 1. The van der Waals surface area contributed by atoms with Crippen LogP contribution in [-0.4, -0.2) is 5.91 Å². The number of alkyl halides is 6. The molecule has 1 aliphatic rings. The first-order valence-electron chi connectivity index (χ1n) is 8.55. The van der Waals surface area contributed by atoms with Crippen LogP contribution in [0.25, 0.3) is 0 Å². The monoisotopic (exact) mass is 432 g/mol. The van der Waals surface area contributed by atoms with Crippen molar-refractivity contribution in [1.29, 1.82) is 5.26 Å². The van der Waals surface area contributed by atoms with Crippen molar-refractivity contribution in [2.24, 2.45) is 5.92 Å². The van der Waals surface area contributed by atoms with Crippen molar-refractivity contribution in [1.82, 2.24) is 0 Å². The van der Waals surface area contributed by atoms with E-state index in [9.17, 15) is 36.4 Å². The van der Waals surface area contributed by atoms with Gasteiger partial charge >= 0.3 is 12.4 Å². The van der Waals surface area contributed by atoms with Crippen molar-refractivity contribution < 1.29 is 31.1 Å². The molecule has 1 heterocycles. The Labute approximate surface area is 166 Å². The van der Waals surface area contributed by atoms with Gasteiger partial charge in [-0.25, -0.2) is 0 Å². The van der Waals surface area contributed by atoms with E-state index >= 15 is 0 Å². The second kappa shape index (κ2) is 7.37. The van der Waals surface area contributed by atoms with Crippen LogP contribution in [0.1, 0.15) is 50.8 Å². The van der Waals surface area contributed by atoms with E-state index < -0.39 is 35.0 Å². The van der Waals surface area contributed by atoms with E-state index in [2.05, 4.69) is 5.32 Å². The summed E-state index contributed by atoms with van der Waals surface area (Å²) in [6.45, 7) is 2.04. The SMILES string of the molecule is CC1CCc2c(sc(NC(=O)c3cc(C(F)(F)F)cc(C(F)(F)F)c3)c2C#N)C1. The average Bonchev–Trinajstić information content (AvgIpc) is 2.95. The van der Waals surface area contributed by atoms with Crippen molar-refractivity contribution in [2.45, 2.75) is 38.5 Å². The molecule has 0 saturated heterocycles. The Hall–Kier alpha value is -2.54. The molecule has 0 spiro atoms. The second-order valence-electron chi connectivity index (χ2n) is 6.92. The number of halogens is 6. The lowest BCUT2D eigenvalue weighted by atomic mass is 9.88. The van der Waals surface area contributed by atoms with E-state index in [1.807, 2.05) is 13.0 Å². The van der Waals surface area contributed by atoms with Gasteiger partial charge in [-0.3, -0.25) is 4.79 Å². The predicted octanol–water partition coefficient (Wildman–Crippen LogP) is 6.03. The number of anilines is 1. The molecule has 3 nitrogen and oxygen atoms in total. The van der Waals surface area contributed by atoms with Crippen LogP contribution in [0.2, 0.25) is 0 Å². The van der Waals surface area contributed by atoms with E-state index in [-0.39, 0.29) is 16.6 Å². The fourth-order valence-electron chi connectivity index (χ4n) is 3.22. The van der Waals surface area contributed by atoms with Crippen LogP contribution < -0.4 is 5.32 Å². The van der Waals surface area contributed by atoms with Crippen LogP contribution in [0, 0.1) is 17.2 Å². The van der Waals surface area contributed by atoms with E-state index in [1.165, 1.54) is 0 Å². The zero-order valence-electron chi connectivity index (χ0n) is 15.0. The molecule has 1 amide bonds. The van der Waals surface area contributed by atoms with Crippen LogP contribution >= 0.6 is 11.3 Å². The van der Waals surface area contributed by atoms with Crippen molar-refractivity contribution in [2.75, 3.05) is 5.32 Å². The zero-order chi connectivity index (χ0) is 21.6. The minimum atomic E-state index is -5.05. The van der Waals surface area contributed by atoms with Gasteiger partial charge in [-0.05, 0) is 48.9 Å². The minimum Gasteiger partial charge on any atom is -0.312 e. The standard InChI is InChI=1S/C19H14F6N2OS/c1-9-2-3-13-14(8-26)17(29-15(13)4-9)27-16(28)10-5-11(18(20,21)22)7-12(6-10)19(23,24)25/h5-7,9H,2-4H2,1H3,(H,27,28). The molecule has 0 aliphatic heterocycles. The molecule has 0 fully saturated rings. The summed E-state index contributed by atoms with van der Waals surface area (Å²) in [6, 6.07) is 2.68. The Bertz CT molecular complexity index is 968. The number of benzene rings is 1. The van der Waals surface area contributed by atoms with Gasteiger partial charge in [0.1, 0.15) is 11.1 Å². The van der Waals surface area contributed by atoms with Crippen LogP contribution in [0.5, 0.6) is 0 Å². The smallest absolute Gasteiger partial charge is 0.312 e. The number of rotatable bonds is 2. The molecule has 1 unspecified atom stereocenters. The predicted molar refractivity (Wildman–Crippen MR) is 94.6 cm³/mol. The van der Waals surface area contributed by atoms with Gasteiger partial charge < -0.3 is 5.32 Å². The number of thiophene rings is 1. The number of hydrogen-bond donors (Lipinski definition) is 1. The van der Waals surface area contributed by atoms with Crippen molar-refractivity contribution >= 4 is 22.2 Å². The summed E-state index contributed by atoms with van der Waals surface area (Å²) >= 11 is 1.13. The van der Waals surface area contributed by atoms with Crippen molar-refractivity contribution in [3.63, 3.8) is 0 Å². The summed E-state index contributed by atoms with van der Waals surface area (Å²) in [6.07, 6.45) is -7.91. The van der Waals surface area contributed by atoms with Gasteiger partial charge in [-0.2, -0.15) is 31.6 Å². The molecule has 1 aliphatic carbocycles. The highest BCUT2D eigenvalue weighted by atomic mass is 32.1. The van der Waals surface area contributed by atoms with E-state index in [0.29, 0.717) is 30.9 Å². The van der Waals surface area contributed by atoms with E-state index in [0.717, 1.165) is 28.2 Å². The molecule has 1 aromatic carbocycles. The molecule has 10 heteroatoms. The van der Waals surface area contributed by atoms with Gasteiger partial charge in [0.05, 0.1) is 16.7 Å². The Morgan fingerprint density at radius 2 is 1.72 bits per heavy atom. The number of nitrogens with one attached hydrogen (secondary N) is 1. The Balaban J connectivity index is 1.99. The van der Waals surface area contributed by atoms with Gasteiger partial charge in [0.2, 0.25) is 0 Å². The molecular formula is C19H14F6N2OS.